The van der Waals surface area contributed by atoms with Crippen LogP contribution in [0.3, 0.4) is 0 Å². The third-order valence-electron chi connectivity index (χ3n) is 4.43. The number of hydrogen-bond donors (Lipinski definition) is 1. The highest BCUT2D eigenvalue weighted by Gasteiger charge is 2.18. The van der Waals surface area contributed by atoms with E-state index < -0.39 is 0 Å². The minimum atomic E-state index is -0.289. The Balaban J connectivity index is 2.14. The Morgan fingerprint density at radius 3 is 2.75 bits per heavy atom. The highest BCUT2D eigenvalue weighted by Crippen LogP contribution is 2.23. The number of hydrogen-bond acceptors (Lipinski definition) is 3. The van der Waals surface area contributed by atoms with E-state index in [1.54, 1.807) is 6.08 Å². The van der Waals surface area contributed by atoms with Crippen molar-refractivity contribution >= 4 is 12.0 Å². The molecule has 1 aromatic rings. The Hall–Kier alpha value is -2.28. The number of nitriles is 1. The topological polar surface area (TPSA) is 62.1 Å². The monoisotopic (exact) mass is 326 g/mol. The fourth-order valence-electron chi connectivity index (χ4n) is 2.82. The van der Waals surface area contributed by atoms with E-state index in [-0.39, 0.29) is 23.6 Å². The van der Waals surface area contributed by atoms with Crippen molar-refractivity contribution in [3.8, 4) is 11.8 Å². The maximum absolute atomic E-state index is 12.4. The number of nitrogens with one attached hydrogen (secondary N) is 1. The van der Waals surface area contributed by atoms with E-state index in [4.69, 9.17) is 4.74 Å². The molecule has 1 saturated carbocycles. The van der Waals surface area contributed by atoms with Gasteiger partial charge in [0, 0.05) is 11.6 Å². The first kappa shape index (κ1) is 18.1. The molecule has 128 valence electrons. The van der Waals surface area contributed by atoms with Crippen LogP contribution in [0.5, 0.6) is 5.75 Å². The van der Waals surface area contributed by atoms with Crippen LogP contribution in [0.2, 0.25) is 0 Å². The highest BCUT2D eigenvalue weighted by molar-refractivity contribution is 6.02. The molecule has 1 amide bonds. The summed E-state index contributed by atoms with van der Waals surface area (Å²) in [5.41, 5.74) is 0.883. The third kappa shape index (κ3) is 5.13. The normalized spacial score (nSPS) is 17.0. The molecule has 1 aliphatic rings. The van der Waals surface area contributed by atoms with E-state index in [0.717, 1.165) is 37.7 Å². The Bertz CT molecular complexity index is 625. The second kappa shape index (κ2) is 9.12. The Morgan fingerprint density at radius 2 is 2.08 bits per heavy atom. The maximum atomic E-state index is 12.4. The number of nitrogens with zero attached hydrogens (tertiary/aromatic N) is 1. The van der Waals surface area contributed by atoms with Crippen LogP contribution >= 0.6 is 0 Å². The van der Waals surface area contributed by atoms with Crippen molar-refractivity contribution in [1.82, 2.24) is 5.32 Å². The van der Waals surface area contributed by atoms with Gasteiger partial charge in [-0.2, -0.15) is 5.26 Å². The largest absolute Gasteiger partial charge is 0.490 e. The molecule has 0 saturated heterocycles. The van der Waals surface area contributed by atoms with Crippen LogP contribution < -0.4 is 10.1 Å². The van der Waals surface area contributed by atoms with Crippen molar-refractivity contribution < 1.29 is 9.53 Å². The molecule has 1 atom stereocenters. The Kier molecular flexibility index (Phi) is 6.87. The molecule has 0 bridgehead atoms. The summed E-state index contributed by atoms with van der Waals surface area (Å²) in [7, 11) is 0. The van der Waals surface area contributed by atoms with Gasteiger partial charge < -0.3 is 10.1 Å². The minimum absolute atomic E-state index is 0.0844. The van der Waals surface area contributed by atoms with Gasteiger partial charge in [-0.15, -0.1) is 0 Å². The van der Waals surface area contributed by atoms with E-state index in [0.29, 0.717) is 5.75 Å². The van der Waals surface area contributed by atoms with Crippen LogP contribution in [0, 0.1) is 11.3 Å². The molecule has 1 aliphatic carbocycles. The van der Waals surface area contributed by atoms with Crippen LogP contribution in [-0.2, 0) is 4.79 Å². The number of ether oxygens (including phenoxy) is 1. The summed E-state index contributed by atoms with van der Waals surface area (Å²) in [5.74, 6) is 0.410. The van der Waals surface area contributed by atoms with Gasteiger partial charge in [-0.1, -0.05) is 44.4 Å². The van der Waals surface area contributed by atoms with Gasteiger partial charge in [0.25, 0.3) is 5.91 Å². The van der Waals surface area contributed by atoms with Crippen LogP contribution in [0.1, 0.15) is 57.9 Å². The van der Waals surface area contributed by atoms with Crippen molar-refractivity contribution in [3.63, 3.8) is 0 Å². The van der Waals surface area contributed by atoms with Crippen LogP contribution in [0.25, 0.3) is 6.08 Å². The molecule has 24 heavy (non-hydrogen) atoms. The summed E-state index contributed by atoms with van der Waals surface area (Å²) in [6.07, 6.45) is 8.11. The Labute approximate surface area is 144 Å². The highest BCUT2D eigenvalue weighted by atomic mass is 16.5. The quantitative estimate of drug-likeness (QED) is 0.629. The lowest BCUT2D eigenvalue weighted by atomic mass is 9.95. The predicted octanol–water partition coefficient (Wildman–Crippen LogP) is 4.22. The van der Waals surface area contributed by atoms with Crippen molar-refractivity contribution in [2.75, 3.05) is 0 Å². The molecular formula is C20H26N2O2. The lowest BCUT2D eigenvalue weighted by molar-refractivity contribution is -0.117. The van der Waals surface area contributed by atoms with E-state index in [1.807, 2.05) is 37.3 Å². The molecule has 4 nitrogen and oxygen atoms in total. The Morgan fingerprint density at radius 1 is 1.38 bits per heavy atom. The first-order valence-corrected chi connectivity index (χ1v) is 8.82. The smallest absolute Gasteiger partial charge is 0.262 e. The first-order chi connectivity index (χ1) is 11.6. The molecular weight excluding hydrogens is 300 g/mol. The molecule has 0 heterocycles. The van der Waals surface area contributed by atoms with E-state index >= 15 is 0 Å². The van der Waals surface area contributed by atoms with E-state index in [9.17, 15) is 10.1 Å². The zero-order valence-electron chi connectivity index (χ0n) is 14.5. The zero-order valence-corrected chi connectivity index (χ0v) is 14.5. The molecule has 2 rings (SSSR count). The van der Waals surface area contributed by atoms with Gasteiger partial charge in [0.2, 0.25) is 0 Å². The second-order valence-corrected chi connectivity index (χ2v) is 6.35. The van der Waals surface area contributed by atoms with Crippen LogP contribution in [0.15, 0.2) is 29.8 Å². The summed E-state index contributed by atoms with van der Waals surface area (Å²) < 4.78 is 5.88. The lowest BCUT2D eigenvalue weighted by Gasteiger charge is -2.22. The maximum Gasteiger partial charge on any atom is 0.262 e. The second-order valence-electron chi connectivity index (χ2n) is 6.35. The number of carbonyl (C=O) groups is 1. The number of carbonyl (C=O) groups excluding carboxylic acids is 1. The van der Waals surface area contributed by atoms with Crippen LogP contribution in [-0.4, -0.2) is 18.1 Å². The van der Waals surface area contributed by atoms with Gasteiger partial charge >= 0.3 is 0 Å². The molecule has 0 aliphatic heterocycles. The SMILES string of the molecule is CC[C@@H](C)Oc1ccccc1/C=C(\C#N)C(=O)NC1CCCCC1. The average molecular weight is 326 g/mol. The summed E-state index contributed by atoms with van der Waals surface area (Å²) in [5, 5.41) is 12.4. The van der Waals surface area contributed by atoms with Gasteiger partial charge in [-0.25, -0.2) is 0 Å². The number of para-hydroxylation sites is 1. The minimum Gasteiger partial charge on any atom is -0.490 e. The van der Waals surface area contributed by atoms with Gasteiger partial charge in [-0.05, 0) is 38.3 Å². The predicted molar refractivity (Wildman–Crippen MR) is 95.4 cm³/mol. The molecule has 4 heteroatoms. The molecule has 0 aromatic heterocycles. The summed E-state index contributed by atoms with van der Waals surface area (Å²) >= 11 is 0. The molecule has 0 spiro atoms. The van der Waals surface area contributed by atoms with Crippen LogP contribution in [0.4, 0.5) is 0 Å². The average Bonchev–Trinajstić information content (AvgIpc) is 2.61. The number of benzene rings is 1. The molecule has 1 N–H and O–H groups in total. The van der Waals surface area contributed by atoms with E-state index in [1.165, 1.54) is 6.42 Å². The van der Waals surface area contributed by atoms with Crippen molar-refractivity contribution in [2.45, 2.75) is 64.5 Å². The fraction of sp³-hybridized carbons (Fsp3) is 0.500. The fourth-order valence-corrected chi connectivity index (χ4v) is 2.82. The lowest BCUT2D eigenvalue weighted by Crippen LogP contribution is -2.36. The summed E-state index contributed by atoms with van der Waals surface area (Å²) in [6, 6.07) is 9.72. The van der Waals surface area contributed by atoms with Gasteiger partial charge in [-0.3, -0.25) is 4.79 Å². The molecule has 0 radical (unpaired) electrons. The van der Waals surface area contributed by atoms with Crippen molar-refractivity contribution in [1.29, 1.82) is 5.26 Å². The summed E-state index contributed by atoms with van der Waals surface area (Å²) in [4.78, 5) is 12.4. The van der Waals surface area contributed by atoms with Gasteiger partial charge in [0.05, 0.1) is 6.10 Å². The number of amides is 1. The third-order valence-corrected chi connectivity index (χ3v) is 4.43. The number of rotatable bonds is 6. The molecule has 1 fully saturated rings. The van der Waals surface area contributed by atoms with Gasteiger partial charge in [0.15, 0.2) is 0 Å². The van der Waals surface area contributed by atoms with Crippen molar-refractivity contribution in [3.05, 3.63) is 35.4 Å². The van der Waals surface area contributed by atoms with Crippen molar-refractivity contribution in [2.24, 2.45) is 0 Å². The van der Waals surface area contributed by atoms with Gasteiger partial charge in [0.1, 0.15) is 17.4 Å². The first-order valence-electron chi connectivity index (χ1n) is 8.82. The zero-order chi connectivity index (χ0) is 17.4. The summed E-state index contributed by atoms with van der Waals surface area (Å²) in [6.45, 7) is 4.06. The standard InChI is InChI=1S/C20H26N2O2/c1-3-15(2)24-19-12-8-7-9-16(19)13-17(14-21)20(23)22-18-10-5-4-6-11-18/h7-9,12-13,15,18H,3-6,10-11H2,1-2H3,(H,22,23)/b17-13+/t15-/m1/s1. The molecule has 0 unspecified atom stereocenters. The molecule has 1 aromatic carbocycles. The van der Waals surface area contributed by atoms with E-state index in [2.05, 4.69) is 12.2 Å².